The Morgan fingerprint density at radius 2 is 1.87 bits per heavy atom. The van der Waals surface area contributed by atoms with Crippen LogP contribution in [0.3, 0.4) is 0 Å². The maximum atomic E-state index is 13.1. The number of amides is 3. The van der Waals surface area contributed by atoms with Crippen molar-refractivity contribution in [3.05, 3.63) is 66.7 Å². The first kappa shape index (κ1) is 21.8. The normalized spacial score (nSPS) is 15.5. The van der Waals surface area contributed by atoms with Gasteiger partial charge in [-0.1, -0.05) is 12.1 Å². The number of rotatable bonds is 7. The van der Waals surface area contributed by atoms with Crippen LogP contribution in [-0.2, 0) is 14.4 Å². The fourth-order valence-corrected chi connectivity index (χ4v) is 3.37. The molecule has 0 N–H and O–H groups in total. The largest absolute Gasteiger partial charge is 0.497 e. The van der Waals surface area contributed by atoms with Gasteiger partial charge in [-0.3, -0.25) is 19.2 Å². The van der Waals surface area contributed by atoms with Crippen molar-refractivity contribution in [1.82, 2.24) is 4.90 Å². The number of hydrogen-bond donors (Lipinski definition) is 0. The summed E-state index contributed by atoms with van der Waals surface area (Å²) in [6.45, 7) is 5.04. The fraction of sp³-hybridized carbons (Fsp3) is 0.217. The van der Waals surface area contributed by atoms with Crippen LogP contribution >= 0.6 is 0 Å². The van der Waals surface area contributed by atoms with E-state index in [2.05, 4.69) is 6.58 Å². The lowest BCUT2D eigenvalue weighted by Crippen LogP contribution is -2.45. The number of hydrogen-bond acceptors (Lipinski definition) is 6. The van der Waals surface area contributed by atoms with E-state index in [4.69, 9.17) is 9.47 Å². The first-order chi connectivity index (χ1) is 14.8. The Kier molecular flexibility index (Phi) is 6.49. The van der Waals surface area contributed by atoms with Crippen LogP contribution in [0.4, 0.5) is 5.69 Å². The van der Waals surface area contributed by atoms with E-state index in [-0.39, 0.29) is 13.0 Å². The van der Waals surface area contributed by atoms with Crippen molar-refractivity contribution in [3.63, 3.8) is 0 Å². The molecule has 1 atom stereocenters. The van der Waals surface area contributed by atoms with Crippen LogP contribution < -0.4 is 14.4 Å². The van der Waals surface area contributed by atoms with Gasteiger partial charge in [0.1, 0.15) is 17.5 Å². The van der Waals surface area contributed by atoms with Gasteiger partial charge in [0.05, 0.1) is 19.2 Å². The van der Waals surface area contributed by atoms with Crippen LogP contribution in [0.15, 0.2) is 61.2 Å². The van der Waals surface area contributed by atoms with Crippen LogP contribution in [-0.4, -0.2) is 48.3 Å². The summed E-state index contributed by atoms with van der Waals surface area (Å²) in [5.41, 5.74) is 0.673. The number of benzene rings is 2. The maximum absolute atomic E-state index is 13.1. The highest BCUT2D eigenvalue weighted by molar-refractivity contribution is 6.23. The van der Waals surface area contributed by atoms with E-state index in [0.29, 0.717) is 22.7 Å². The summed E-state index contributed by atoms with van der Waals surface area (Å²) in [5, 5.41) is 0. The summed E-state index contributed by atoms with van der Waals surface area (Å²) < 4.78 is 10.1. The van der Waals surface area contributed by atoms with E-state index in [0.717, 1.165) is 4.90 Å². The van der Waals surface area contributed by atoms with E-state index in [1.807, 2.05) is 0 Å². The first-order valence-electron chi connectivity index (χ1n) is 9.57. The summed E-state index contributed by atoms with van der Waals surface area (Å²) in [4.78, 5) is 52.3. The van der Waals surface area contributed by atoms with Crippen molar-refractivity contribution in [2.45, 2.75) is 19.4 Å². The zero-order valence-corrected chi connectivity index (χ0v) is 17.2. The molecule has 160 valence electrons. The molecule has 1 aliphatic rings. The van der Waals surface area contributed by atoms with Crippen molar-refractivity contribution in [2.24, 2.45) is 0 Å². The summed E-state index contributed by atoms with van der Waals surface area (Å²) in [5.74, 6) is -1.01. The molecule has 8 nitrogen and oxygen atoms in total. The third-order valence-corrected chi connectivity index (χ3v) is 4.76. The second-order valence-corrected chi connectivity index (χ2v) is 6.85. The van der Waals surface area contributed by atoms with Crippen molar-refractivity contribution in [1.29, 1.82) is 0 Å². The summed E-state index contributed by atoms with van der Waals surface area (Å²) in [7, 11) is 1.49. The van der Waals surface area contributed by atoms with Gasteiger partial charge in [-0.2, -0.15) is 0 Å². The van der Waals surface area contributed by atoms with Gasteiger partial charge in [-0.05, 0) is 42.5 Å². The third-order valence-electron chi connectivity index (χ3n) is 4.76. The summed E-state index contributed by atoms with van der Waals surface area (Å²) >= 11 is 0. The Bertz CT molecular complexity index is 1030. The number of nitrogens with zero attached hydrogens (tertiary/aromatic N) is 2. The Balaban J connectivity index is 1.86. The molecule has 3 rings (SSSR count). The molecule has 1 unspecified atom stereocenters. The second kappa shape index (κ2) is 9.25. The molecule has 0 radical (unpaired) electrons. The van der Waals surface area contributed by atoms with Crippen LogP contribution in [0.2, 0.25) is 0 Å². The second-order valence-electron chi connectivity index (χ2n) is 6.85. The van der Waals surface area contributed by atoms with Gasteiger partial charge in [-0.15, -0.1) is 6.58 Å². The van der Waals surface area contributed by atoms with E-state index < -0.39 is 29.7 Å². The molecule has 0 bridgehead atoms. The predicted octanol–water partition coefficient (Wildman–Crippen LogP) is 2.58. The zero-order chi connectivity index (χ0) is 22.5. The number of methoxy groups -OCH3 is 1. The van der Waals surface area contributed by atoms with E-state index in [1.165, 1.54) is 49.3 Å². The fourth-order valence-electron chi connectivity index (χ4n) is 3.37. The van der Waals surface area contributed by atoms with Crippen LogP contribution in [0, 0.1) is 0 Å². The predicted molar refractivity (Wildman–Crippen MR) is 113 cm³/mol. The molecule has 0 spiro atoms. The van der Waals surface area contributed by atoms with Crippen LogP contribution in [0.5, 0.6) is 11.5 Å². The van der Waals surface area contributed by atoms with Crippen molar-refractivity contribution in [2.75, 3.05) is 18.6 Å². The monoisotopic (exact) mass is 422 g/mol. The SMILES string of the molecule is C=CCN(C(=O)c1cccc(OC)c1)C1CC(=O)N(c2ccc(OC(C)=O)cc2)C1=O. The summed E-state index contributed by atoms with van der Waals surface area (Å²) in [6, 6.07) is 11.6. The molecular weight excluding hydrogens is 400 g/mol. The summed E-state index contributed by atoms with van der Waals surface area (Å²) in [6.07, 6.45) is 1.36. The minimum atomic E-state index is -0.961. The Morgan fingerprint density at radius 1 is 1.16 bits per heavy atom. The van der Waals surface area contributed by atoms with E-state index >= 15 is 0 Å². The van der Waals surface area contributed by atoms with E-state index in [1.54, 1.807) is 24.3 Å². The molecule has 1 fully saturated rings. The average molecular weight is 422 g/mol. The minimum absolute atomic E-state index is 0.0962. The number of carbonyl (C=O) groups is 4. The van der Waals surface area contributed by atoms with Crippen molar-refractivity contribution < 1.29 is 28.7 Å². The molecule has 8 heteroatoms. The van der Waals surface area contributed by atoms with Crippen LogP contribution in [0.1, 0.15) is 23.7 Å². The average Bonchev–Trinajstić information content (AvgIpc) is 3.05. The van der Waals surface area contributed by atoms with Gasteiger partial charge < -0.3 is 14.4 Å². The van der Waals surface area contributed by atoms with Crippen molar-refractivity contribution >= 4 is 29.4 Å². The molecule has 3 amide bonds. The number of anilines is 1. The molecule has 0 aromatic heterocycles. The van der Waals surface area contributed by atoms with Gasteiger partial charge in [0.2, 0.25) is 5.91 Å². The topological polar surface area (TPSA) is 93.2 Å². The van der Waals surface area contributed by atoms with E-state index in [9.17, 15) is 19.2 Å². The van der Waals surface area contributed by atoms with Gasteiger partial charge in [0, 0.05) is 19.0 Å². The number of esters is 1. The first-order valence-corrected chi connectivity index (χ1v) is 9.57. The van der Waals surface area contributed by atoms with Gasteiger partial charge in [0.25, 0.3) is 11.8 Å². The lowest BCUT2D eigenvalue weighted by molar-refractivity contribution is -0.132. The minimum Gasteiger partial charge on any atom is -0.497 e. The Morgan fingerprint density at radius 3 is 2.48 bits per heavy atom. The molecule has 0 aliphatic carbocycles. The Hall–Kier alpha value is -3.94. The molecule has 2 aromatic carbocycles. The highest BCUT2D eigenvalue weighted by atomic mass is 16.5. The molecule has 1 saturated heterocycles. The standard InChI is InChI=1S/C23H22N2O6/c1-4-12-24(22(28)16-6-5-7-19(13-16)30-3)20-14-21(27)25(23(20)29)17-8-10-18(11-9-17)31-15(2)26/h4-11,13,20H,1,12,14H2,2-3H3. The lowest BCUT2D eigenvalue weighted by Gasteiger charge is -2.26. The van der Waals surface area contributed by atoms with Crippen molar-refractivity contribution in [3.8, 4) is 11.5 Å². The molecular formula is C23H22N2O6. The quantitative estimate of drug-likeness (QED) is 0.295. The molecule has 1 aliphatic heterocycles. The van der Waals surface area contributed by atoms with Gasteiger partial charge in [0.15, 0.2) is 0 Å². The number of ether oxygens (including phenoxy) is 2. The number of imide groups is 1. The van der Waals surface area contributed by atoms with Gasteiger partial charge >= 0.3 is 5.97 Å². The lowest BCUT2D eigenvalue weighted by atomic mass is 10.1. The highest BCUT2D eigenvalue weighted by Crippen LogP contribution is 2.28. The molecule has 1 heterocycles. The Labute approximate surface area is 179 Å². The van der Waals surface area contributed by atoms with Gasteiger partial charge in [-0.25, -0.2) is 4.90 Å². The smallest absolute Gasteiger partial charge is 0.308 e. The molecule has 31 heavy (non-hydrogen) atoms. The zero-order valence-electron chi connectivity index (χ0n) is 17.2. The maximum Gasteiger partial charge on any atom is 0.308 e. The number of carbonyl (C=O) groups excluding carboxylic acids is 4. The highest BCUT2D eigenvalue weighted by Gasteiger charge is 2.44. The van der Waals surface area contributed by atoms with Crippen LogP contribution in [0.25, 0.3) is 0 Å². The third kappa shape index (κ3) is 4.63. The molecule has 0 saturated carbocycles. The molecule has 2 aromatic rings.